The van der Waals surface area contributed by atoms with Crippen LogP contribution in [0.3, 0.4) is 0 Å². The SMILES string of the molecule is Cc1cc2c(c3oc4ccccc4c13)-c1cccc(N(c3ccc(-c4ccccc4)cc3)c3cc4ccccc4c4ccccc34)c1C2(C)C. The number of fused-ring (bicyclic) bond motifs is 10. The van der Waals surface area contributed by atoms with E-state index in [0.717, 1.165) is 22.5 Å². The Balaban J connectivity index is 1.28. The van der Waals surface area contributed by atoms with E-state index in [1.165, 1.54) is 76.9 Å². The van der Waals surface area contributed by atoms with E-state index >= 15 is 0 Å². The molecule has 1 aliphatic carbocycles. The van der Waals surface area contributed by atoms with Crippen molar-refractivity contribution < 1.29 is 4.42 Å². The highest BCUT2D eigenvalue weighted by atomic mass is 16.3. The summed E-state index contributed by atoms with van der Waals surface area (Å²) in [4.78, 5) is 2.50. The first-order valence-electron chi connectivity index (χ1n) is 17.4. The molecule has 2 nitrogen and oxygen atoms in total. The summed E-state index contributed by atoms with van der Waals surface area (Å²) in [5, 5.41) is 7.35. The van der Waals surface area contributed by atoms with E-state index in [4.69, 9.17) is 4.42 Å². The van der Waals surface area contributed by atoms with Gasteiger partial charge in [0.25, 0.3) is 0 Å². The van der Waals surface area contributed by atoms with Crippen molar-refractivity contribution in [3.8, 4) is 22.3 Å². The monoisotopic (exact) mass is 641 g/mol. The van der Waals surface area contributed by atoms with Crippen LogP contribution in [-0.4, -0.2) is 0 Å². The Morgan fingerprint density at radius 1 is 0.540 bits per heavy atom. The lowest BCUT2D eigenvalue weighted by molar-refractivity contribution is 0.653. The second-order valence-corrected chi connectivity index (χ2v) is 14.2. The van der Waals surface area contributed by atoms with Gasteiger partial charge in [-0.25, -0.2) is 0 Å². The van der Waals surface area contributed by atoms with Gasteiger partial charge in [0.15, 0.2) is 0 Å². The van der Waals surface area contributed by atoms with Crippen molar-refractivity contribution in [1.29, 1.82) is 0 Å². The van der Waals surface area contributed by atoms with E-state index in [9.17, 15) is 0 Å². The summed E-state index contributed by atoms with van der Waals surface area (Å²) >= 11 is 0. The number of hydrogen-bond acceptors (Lipinski definition) is 2. The Hall–Kier alpha value is -6.12. The highest BCUT2D eigenvalue weighted by Gasteiger charge is 2.41. The van der Waals surface area contributed by atoms with E-state index < -0.39 is 0 Å². The van der Waals surface area contributed by atoms with Crippen molar-refractivity contribution in [1.82, 2.24) is 0 Å². The standard InChI is InChI=1S/C48H35NO/c1-30-28-40-45(47-44(30)38-20-11-12-23-43(38)50-47)39-21-13-22-41(46(39)48(40,2)3)49(34-26-24-32(25-27-34)31-14-5-4-6-15-31)42-29-33-16-7-8-17-35(33)36-18-9-10-19-37(36)42/h4-29H,1-3H3. The number of hydrogen-bond donors (Lipinski definition) is 0. The van der Waals surface area contributed by atoms with Gasteiger partial charge in [-0.15, -0.1) is 0 Å². The Morgan fingerprint density at radius 3 is 2.00 bits per heavy atom. The molecule has 0 saturated carbocycles. The van der Waals surface area contributed by atoms with Gasteiger partial charge in [0.05, 0.1) is 11.4 Å². The average molecular weight is 642 g/mol. The quantitative estimate of drug-likeness (QED) is 0.178. The molecule has 0 bridgehead atoms. The van der Waals surface area contributed by atoms with Crippen molar-refractivity contribution in [2.45, 2.75) is 26.2 Å². The minimum absolute atomic E-state index is 0.284. The molecule has 0 fully saturated rings. The van der Waals surface area contributed by atoms with E-state index in [1.807, 2.05) is 0 Å². The molecule has 0 amide bonds. The number of benzene rings is 8. The van der Waals surface area contributed by atoms with Gasteiger partial charge in [-0.05, 0) is 86.8 Å². The molecule has 0 spiro atoms. The molecule has 0 saturated heterocycles. The molecular weight excluding hydrogens is 607 g/mol. The normalized spacial score (nSPS) is 13.3. The lowest BCUT2D eigenvalue weighted by Gasteiger charge is -2.33. The van der Waals surface area contributed by atoms with E-state index in [0.29, 0.717) is 0 Å². The molecular formula is C48H35NO. The van der Waals surface area contributed by atoms with E-state index in [2.05, 4.69) is 183 Å². The van der Waals surface area contributed by atoms with Gasteiger partial charge >= 0.3 is 0 Å². The second kappa shape index (κ2) is 10.7. The van der Waals surface area contributed by atoms with Crippen LogP contribution in [0, 0.1) is 6.92 Å². The maximum absolute atomic E-state index is 6.74. The van der Waals surface area contributed by atoms with Gasteiger partial charge < -0.3 is 9.32 Å². The Morgan fingerprint density at radius 2 is 1.20 bits per heavy atom. The Kier molecular flexibility index (Phi) is 6.17. The molecule has 1 aliphatic rings. The van der Waals surface area contributed by atoms with Gasteiger partial charge in [-0.2, -0.15) is 0 Å². The smallest absolute Gasteiger partial charge is 0.143 e. The number of anilines is 3. The molecule has 0 N–H and O–H groups in total. The summed E-state index contributed by atoms with van der Waals surface area (Å²) in [6, 6.07) is 57.3. The predicted octanol–water partition coefficient (Wildman–Crippen LogP) is 13.6. The highest BCUT2D eigenvalue weighted by Crippen LogP contribution is 2.58. The third-order valence-corrected chi connectivity index (χ3v) is 10.9. The van der Waals surface area contributed by atoms with Crippen LogP contribution in [-0.2, 0) is 5.41 Å². The van der Waals surface area contributed by atoms with Gasteiger partial charge in [-0.1, -0.05) is 141 Å². The third-order valence-electron chi connectivity index (χ3n) is 10.9. The van der Waals surface area contributed by atoms with E-state index in [-0.39, 0.29) is 5.41 Å². The topological polar surface area (TPSA) is 16.4 Å². The van der Waals surface area contributed by atoms with Crippen molar-refractivity contribution in [2.24, 2.45) is 0 Å². The third kappa shape index (κ3) is 4.09. The average Bonchev–Trinajstić information content (AvgIpc) is 3.66. The van der Waals surface area contributed by atoms with Crippen LogP contribution in [0.5, 0.6) is 0 Å². The molecule has 2 heteroatoms. The molecule has 0 unspecified atom stereocenters. The lowest BCUT2D eigenvalue weighted by Crippen LogP contribution is -2.21. The first-order chi connectivity index (χ1) is 24.5. The van der Waals surface area contributed by atoms with Crippen LogP contribution in [0.2, 0.25) is 0 Å². The summed E-state index contributed by atoms with van der Waals surface area (Å²) in [5.41, 5.74) is 13.8. The molecule has 0 aliphatic heterocycles. The van der Waals surface area contributed by atoms with Crippen molar-refractivity contribution in [3.63, 3.8) is 0 Å². The largest absolute Gasteiger partial charge is 0.455 e. The van der Waals surface area contributed by atoms with Crippen LogP contribution >= 0.6 is 0 Å². The molecule has 238 valence electrons. The molecule has 8 aromatic carbocycles. The first-order valence-corrected chi connectivity index (χ1v) is 17.4. The number of furan rings is 1. The fraction of sp³-hybridized carbons (Fsp3) is 0.0833. The lowest BCUT2D eigenvalue weighted by atomic mass is 9.80. The summed E-state index contributed by atoms with van der Waals surface area (Å²) in [5.74, 6) is 0. The van der Waals surface area contributed by atoms with Gasteiger partial charge in [-0.3, -0.25) is 0 Å². The zero-order valence-electron chi connectivity index (χ0n) is 28.4. The number of rotatable bonds is 4. The summed E-state index contributed by atoms with van der Waals surface area (Å²) < 4.78 is 6.74. The van der Waals surface area contributed by atoms with Crippen LogP contribution in [0.4, 0.5) is 17.1 Å². The molecule has 1 aromatic heterocycles. The minimum atomic E-state index is -0.284. The maximum atomic E-state index is 6.74. The molecule has 0 radical (unpaired) electrons. The van der Waals surface area contributed by atoms with Crippen LogP contribution < -0.4 is 4.90 Å². The highest BCUT2D eigenvalue weighted by molar-refractivity contribution is 6.16. The van der Waals surface area contributed by atoms with Gasteiger partial charge in [0.2, 0.25) is 0 Å². The Bertz CT molecular complexity index is 2790. The van der Waals surface area contributed by atoms with Gasteiger partial charge in [0, 0.05) is 32.8 Å². The van der Waals surface area contributed by atoms with E-state index in [1.54, 1.807) is 0 Å². The maximum Gasteiger partial charge on any atom is 0.143 e. The van der Waals surface area contributed by atoms with Crippen molar-refractivity contribution >= 4 is 60.5 Å². The zero-order valence-corrected chi connectivity index (χ0v) is 28.4. The van der Waals surface area contributed by atoms with Crippen LogP contribution in [0.15, 0.2) is 162 Å². The molecule has 50 heavy (non-hydrogen) atoms. The van der Waals surface area contributed by atoms with Crippen molar-refractivity contribution in [3.05, 3.63) is 174 Å². The molecule has 1 heterocycles. The fourth-order valence-electron chi connectivity index (χ4n) is 8.64. The zero-order chi connectivity index (χ0) is 33.6. The number of para-hydroxylation sites is 1. The molecule has 10 rings (SSSR count). The summed E-state index contributed by atoms with van der Waals surface area (Å²) in [6.07, 6.45) is 0. The first kappa shape index (κ1) is 28.9. The minimum Gasteiger partial charge on any atom is -0.455 e. The summed E-state index contributed by atoms with van der Waals surface area (Å²) in [6.45, 7) is 6.99. The molecule has 0 atom stereocenters. The number of nitrogens with zero attached hydrogens (tertiary/aromatic N) is 1. The van der Waals surface area contributed by atoms with Crippen LogP contribution in [0.1, 0.15) is 30.5 Å². The second-order valence-electron chi connectivity index (χ2n) is 14.2. The predicted molar refractivity (Wildman–Crippen MR) is 211 cm³/mol. The fourth-order valence-corrected chi connectivity index (χ4v) is 8.64. The van der Waals surface area contributed by atoms with Crippen LogP contribution in [0.25, 0.3) is 65.7 Å². The van der Waals surface area contributed by atoms with Crippen molar-refractivity contribution in [2.75, 3.05) is 4.90 Å². The number of aryl methyl sites for hydroxylation is 1. The van der Waals surface area contributed by atoms with Gasteiger partial charge in [0.1, 0.15) is 11.2 Å². The Labute approximate surface area is 291 Å². The molecule has 9 aromatic rings. The summed E-state index contributed by atoms with van der Waals surface area (Å²) in [7, 11) is 0.